The monoisotopic (exact) mass is 152 g/mol. The zero-order chi connectivity index (χ0) is 8.27. The Morgan fingerprint density at radius 3 is 2.91 bits per heavy atom. The summed E-state index contributed by atoms with van der Waals surface area (Å²) in [5, 5.41) is 10.1. The van der Waals surface area contributed by atoms with Gasteiger partial charge in [-0.25, -0.2) is 0 Å². The molecular weight excluding hydrogens is 148 g/mol. The first-order valence-electron chi connectivity index (χ1n) is 2.79. The summed E-state index contributed by atoms with van der Waals surface area (Å²) < 4.78 is 0. The van der Waals surface area contributed by atoms with E-state index in [0.29, 0.717) is 6.29 Å². The van der Waals surface area contributed by atoms with Crippen LogP contribution in [-0.2, 0) is 0 Å². The SMILES string of the molecule is O=Cc1ccnc([N+](=O)[O-])c1. The number of nitro groups is 1. The highest BCUT2D eigenvalue weighted by molar-refractivity contribution is 5.75. The largest absolute Gasteiger partial charge is 0.364 e. The minimum absolute atomic E-state index is 0.256. The maximum absolute atomic E-state index is 10.1. The summed E-state index contributed by atoms with van der Waals surface area (Å²) in [5.41, 5.74) is 0.256. The molecule has 11 heavy (non-hydrogen) atoms. The first kappa shape index (κ1) is 7.33. The molecule has 1 aromatic heterocycles. The lowest BCUT2D eigenvalue weighted by molar-refractivity contribution is -0.389. The molecule has 0 radical (unpaired) electrons. The van der Waals surface area contributed by atoms with Gasteiger partial charge in [-0.15, -0.1) is 0 Å². The summed E-state index contributed by atoms with van der Waals surface area (Å²) >= 11 is 0. The number of pyridine rings is 1. The van der Waals surface area contributed by atoms with E-state index in [0.717, 1.165) is 6.07 Å². The third-order valence-electron chi connectivity index (χ3n) is 1.09. The fourth-order valence-electron chi connectivity index (χ4n) is 0.607. The van der Waals surface area contributed by atoms with Gasteiger partial charge in [0.25, 0.3) is 0 Å². The Morgan fingerprint density at radius 2 is 2.36 bits per heavy atom. The fraction of sp³-hybridized carbons (Fsp3) is 0. The summed E-state index contributed by atoms with van der Waals surface area (Å²) in [7, 11) is 0. The van der Waals surface area contributed by atoms with Crippen molar-refractivity contribution < 1.29 is 9.72 Å². The molecule has 0 N–H and O–H groups in total. The van der Waals surface area contributed by atoms with E-state index < -0.39 is 4.92 Å². The molecule has 1 aromatic rings. The summed E-state index contributed by atoms with van der Waals surface area (Å²) in [5.74, 6) is -0.311. The first-order valence-corrected chi connectivity index (χ1v) is 2.79. The smallest absolute Gasteiger partial charge is 0.358 e. The normalized spacial score (nSPS) is 9.09. The molecule has 0 atom stereocenters. The Kier molecular flexibility index (Phi) is 1.91. The van der Waals surface area contributed by atoms with Crippen LogP contribution in [-0.4, -0.2) is 16.2 Å². The van der Waals surface area contributed by atoms with E-state index in [1.54, 1.807) is 0 Å². The van der Waals surface area contributed by atoms with Crippen molar-refractivity contribution in [3.8, 4) is 0 Å². The van der Waals surface area contributed by atoms with Crippen molar-refractivity contribution in [2.75, 3.05) is 0 Å². The number of aldehydes is 1. The Hall–Kier alpha value is -1.78. The number of carbonyl (C=O) groups excluding carboxylic acids is 1. The second-order valence-corrected chi connectivity index (χ2v) is 1.82. The van der Waals surface area contributed by atoms with Crippen LogP contribution in [0.5, 0.6) is 0 Å². The van der Waals surface area contributed by atoms with Gasteiger partial charge in [-0.2, -0.15) is 0 Å². The second-order valence-electron chi connectivity index (χ2n) is 1.82. The topological polar surface area (TPSA) is 73.1 Å². The molecule has 0 fully saturated rings. The number of nitrogens with zero attached hydrogens (tertiary/aromatic N) is 2. The predicted molar refractivity (Wildman–Crippen MR) is 36.3 cm³/mol. The quantitative estimate of drug-likeness (QED) is 0.357. The number of hydrogen-bond acceptors (Lipinski definition) is 4. The Morgan fingerprint density at radius 1 is 1.64 bits per heavy atom. The fourth-order valence-corrected chi connectivity index (χ4v) is 0.607. The lowest BCUT2D eigenvalue weighted by Gasteiger charge is -1.90. The van der Waals surface area contributed by atoms with E-state index in [1.165, 1.54) is 12.3 Å². The van der Waals surface area contributed by atoms with Crippen LogP contribution in [0.1, 0.15) is 10.4 Å². The van der Waals surface area contributed by atoms with E-state index >= 15 is 0 Å². The Bertz CT molecular complexity index is 298. The second kappa shape index (κ2) is 2.87. The van der Waals surface area contributed by atoms with Crippen LogP contribution >= 0.6 is 0 Å². The maximum atomic E-state index is 10.1. The predicted octanol–water partition coefficient (Wildman–Crippen LogP) is 0.802. The molecule has 0 aliphatic carbocycles. The van der Waals surface area contributed by atoms with Crippen LogP contribution in [0, 0.1) is 10.1 Å². The Labute approximate surface area is 61.8 Å². The standard InChI is InChI=1S/C6H4N2O3/c9-4-5-1-2-7-6(3-5)8(10)11/h1-4H. The maximum Gasteiger partial charge on any atom is 0.364 e. The van der Waals surface area contributed by atoms with Crippen molar-refractivity contribution >= 4 is 12.1 Å². The van der Waals surface area contributed by atoms with Gasteiger partial charge in [-0.3, -0.25) is 4.79 Å². The summed E-state index contributed by atoms with van der Waals surface area (Å²) in [6.45, 7) is 0. The van der Waals surface area contributed by atoms with Crippen LogP contribution in [0.2, 0.25) is 0 Å². The van der Waals surface area contributed by atoms with Crippen LogP contribution in [0.3, 0.4) is 0 Å². The molecule has 0 aliphatic heterocycles. The van der Waals surface area contributed by atoms with E-state index in [4.69, 9.17) is 0 Å². The average molecular weight is 152 g/mol. The van der Waals surface area contributed by atoms with Crippen LogP contribution < -0.4 is 0 Å². The third-order valence-corrected chi connectivity index (χ3v) is 1.09. The van der Waals surface area contributed by atoms with Gasteiger partial charge in [0.05, 0.1) is 0 Å². The summed E-state index contributed by atoms with van der Waals surface area (Å²) in [6.07, 6.45) is 1.76. The zero-order valence-electron chi connectivity index (χ0n) is 5.43. The number of carbonyl (C=O) groups is 1. The van der Waals surface area contributed by atoms with Gasteiger partial charge < -0.3 is 10.1 Å². The van der Waals surface area contributed by atoms with E-state index in [-0.39, 0.29) is 11.4 Å². The van der Waals surface area contributed by atoms with E-state index in [1.807, 2.05) is 0 Å². The molecule has 1 rings (SSSR count). The average Bonchev–Trinajstić information content (AvgIpc) is 2.05. The molecule has 5 heteroatoms. The summed E-state index contributed by atoms with van der Waals surface area (Å²) in [6, 6.07) is 2.52. The first-order chi connectivity index (χ1) is 5.24. The molecule has 0 spiro atoms. The van der Waals surface area contributed by atoms with Crippen molar-refractivity contribution in [2.45, 2.75) is 0 Å². The number of rotatable bonds is 2. The lowest BCUT2D eigenvalue weighted by atomic mass is 10.3. The molecule has 0 unspecified atom stereocenters. The van der Waals surface area contributed by atoms with Crippen LogP contribution in [0.4, 0.5) is 5.82 Å². The van der Waals surface area contributed by atoms with Gasteiger partial charge >= 0.3 is 5.82 Å². The van der Waals surface area contributed by atoms with Crippen molar-refractivity contribution in [3.05, 3.63) is 34.0 Å². The van der Waals surface area contributed by atoms with Crippen LogP contribution in [0.25, 0.3) is 0 Å². The van der Waals surface area contributed by atoms with Crippen molar-refractivity contribution in [3.63, 3.8) is 0 Å². The Balaban J connectivity index is 3.10. The molecule has 5 nitrogen and oxygen atoms in total. The molecule has 1 heterocycles. The highest BCUT2D eigenvalue weighted by atomic mass is 16.6. The lowest BCUT2D eigenvalue weighted by Crippen LogP contribution is -1.92. The molecular formula is C6H4N2O3. The van der Waals surface area contributed by atoms with Crippen molar-refractivity contribution in [1.82, 2.24) is 4.98 Å². The van der Waals surface area contributed by atoms with Crippen molar-refractivity contribution in [1.29, 1.82) is 0 Å². The number of aromatic nitrogens is 1. The molecule has 0 aromatic carbocycles. The minimum Gasteiger partial charge on any atom is -0.358 e. The third kappa shape index (κ3) is 1.57. The molecule has 0 bridgehead atoms. The van der Waals surface area contributed by atoms with Gasteiger partial charge in [0.15, 0.2) is 6.29 Å². The molecule has 0 aliphatic rings. The molecule has 56 valence electrons. The van der Waals surface area contributed by atoms with Gasteiger partial charge in [0.1, 0.15) is 6.20 Å². The molecule has 0 saturated carbocycles. The highest BCUT2D eigenvalue weighted by Gasteiger charge is 2.05. The van der Waals surface area contributed by atoms with E-state index in [9.17, 15) is 14.9 Å². The van der Waals surface area contributed by atoms with Gasteiger partial charge in [-0.1, -0.05) is 0 Å². The molecule has 0 amide bonds. The van der Waals surface area contributed by atoms with Gasteiger partial charge in [-0.05, 0) is 16.0 Å². The highest BCUT2D eigenvalue weighted by Crippen LogP contribution is 2.06. The van der Waals surface area contributed by atoms with E-state index in [2.05, 4.69) is 4.98 Å². The minimum atomic E-state index is -0.646. The summed E-state index contributed by atoms with van der Waals surface area (Å²) in [4.78, 5) is 23.0. The van der Waals surface area contributed by atoms with Crippen LogP contribution in [0.15, 0.2) is 18.3 Å². The zero-order valence-corrected chi connectivity index (χ0v) is 5.43. The number of hydrogen-bond donors (Lipinski definition) is 0. The van der Waals surface area contributed by atoms with Gasteiger partial charge in [0, 0.05) is 11.6 Å². The van der Waals surface area contributed by atoms with Crippen molar-refractivity contribution in [2.24, 2.45) is 0 Å². The molecule has 0 saturated heterocycles. The van der Waals surface area contributed by atoms with Gasteiger partial charge in [0.2, 0.25) is 0 Å².